The second kappa shape index (κ2) is 6.06. The molecular formula is C15H27N3O. The van der Waals surface area contributed by atoms with E-state index in [0.29, 0.717) is 12.0 Å². The molecule has 0 spiro atoms. The van der Waals surface area contributed by atoms with Crippen LogP contribution in [-0.4, -0.2) is 27.5 Å². The highest BCUT2D eigenvalue weighted by atomic mass is 16.3. The van der Waals surface area contributed by atoms with Gasteiger partial charge in [-0.25, -0.2) is 0 Å². The van der Waals surface area contributed by atoms with Crippen molar-refractivity contribution in [1.82, 2.24) is 15.1 Å². The molecule has 0 amide bonds. The molecule has 3 unspecified atom stereocenters. The lowest BCUT2D eigenvalue weighted by atomic mass is 9.86. The van der Waals surface area contributed by atoms with Crippen LogP contribution in [0.3, 0.4) is 0 Å². The first-order valence-corrected chi connectivity index (χ1v) is 7.42. The second-order valence-corrected chi connectivity index (χ2v) is 5.95. The van der Waals surface area contributed by atoms with Crippen molar-refractivity contribution in [3.8, 4) is 0 Å². The molecule has 0 radical (unpaired) electrons. The molecule has 4 nitrogen and oxygen atoms in total. The van der Waals surface area contributed by atoms with Crippen molar-refractivity contribution < 1.29 is 5.11 Å². The molecule has 4 heteroatoms. The quantitative estimate of drug-likeness (QED) is 0.878. The van der Waals surface area contributed by atoms with Gasteiger partial charge in [0.2, 0.25) is 0 Å². The maximum absolute atomic E-state index is 10.0. The molecule has 1 heterocycles. The lowest BCUT2D eigenvalue weighted by molar-refractivity contribution is 0.0684. The molecule has 0 bridgehead atoms. The first-order valence-electron chi connectivity index (χ1n) is 7.42. The summed E-state index contributed by atoms with van der Waals surface area (Å²) in [4.78, 5) is 0. The van der Waals surface area contributed by atoms with Gasteiger partial charge in [-0.3, -0.25) is 4.68 Å². The monoisotopic (exact) mass is 265 g/mol. The van der Waals surface area contributed by atoms with Crippen LogP contribution in [0, 0.1) is 19.8 Å². The highest BCUT2D eigenvalue weighted by Gasteiger charge is 2.24. The maximum Gasteiger partial charge on any atom is 0.0644 e. The molecular weight excluding hydrogens is 238 g/mol. The summed E-state index contributed by atoms with van der Waals surface area (Å²) in [6.07, 6.45) is 4.42. The molecule has 2 N–H and O–H groups in total. The standard InChI is InChI=1S/C15H27N3O/c1-10(15-11(2)17-18(4)12(15)3)16-9-13-7-5-6-8-14(13)19/h10,13-14,16,19H,5-9H2,1-4H3. The van der Waals surface area contributed by atoms with Gasteiger partial charge < -0.3 is 10.4 Å². The van der Waals surface area contributed by atoms with Crippen LogP contribution in [0.25, 0.3) is 0 Å². The fourth-order valence-electron chi connectivity index (χ4n) is 3.27. The van der Waals surface area contributed by atoms with E-state index in [1.807, 2.05) is 11.7 Å². The maximum atomic E-state index is 10.0. The fourth-order valence-corrected chi connectivity index (χ4v) is 3.27. The molecule has 0 aliphatic heterocycles. The zero-order chi connectivity index (χ0) is 14.0. The summed E-state index contributed by atoms with van der Waals surface area (Å²) in [5, 5.41) is 18.1. The molecule has 19 heavy (non-hydrogen) atoms. The molecule has 2 rings (SSSR count). The molecule has 1 fully saturated rings. The minimum absolute atomic E-state index is 0.121. The van der Waals surface area contributed by atoms with Gasteiger partial charge in [0.15, 0.2) is 0 Å². The third-order valence-corrected chi connectivity index (χ3v) is 4.55. The van der Waals surface area contributed by atoms with Gasteiger partial charge in [0, 0.05) is 30.9 Å². The minimum atomic E-state index is -0.121. The highest BCUT2D eigenvalue weighted by molar-refractivity contribution is 5.27. The van der Waals surface area contributed by atoms with E-state index in [-0.39, 0.29) is 6.10 Å². The van der Waals surface area contributed by atoms with E-state index in [0.717, 1.165) is 25.1 Å². The van der Waals surface area contributed by atoms with E-state index in [1.54, 1.807) is 0 Å². The lowest BCUT2D eigenvalue weighted by Gasteiger charge is -2.29. The molecule has 0 aromatic carbocycles. The van der Waals surface area contributed by atoms with Crippen LogP contribution in [0.15, 0.2) is 0 Å². The Balaban J connectivity index is 1.95. The Bertz CT molecular complexity index is 427. The number of hydrogen-bond acceptors (Lipinski definition) is 3. The van der Waals surface area contributed by atoms with E-state index in [9.17, 15) is 5.11 Å². The fraction of sp³-hybridized carbons (Fsp3) is 0.800. The number of nitrogens with zero attached hydrogens (tertiary/aromatic N) is 2. The normalized spacial score (nSPS) is 25.5. The predicted octanol–water partition coefficient (Wildman–Crippen LogP) is 2.24. The van der Waals surface area contributed by atoms with Crippen LogP contribution in [0.5, 0.6) is 0 Å². The number of rotatable bonds is 4. The van der Waals surface area contributed by atoms with Crippen LogP contribution in [0.1, 0.15) is 55.6 Å². The number of nitrogens with one attached hydrogen (secondary N) is 1. The SMILES string of the molecule is Cc1nn(C)c(C)c1C(C)NCC1CCCCC1O. The van der Waals surface area contributed by atoms with E-state index < -0.39 is 0 Å². The molecule has 1 aliphatic rings. The smallest absolute Gasteiger partial charge is 0.0644 e. The Hall–Kier alpha value is -0.870. The molecule has 1 aromatic rings. The Labute approximate surface area is 116 Å². The van der Waals surface area contributed by atoms with Gasteiger partial charge in [-0.15, -0.1) is 0 Å². The molecule has 0 saturated heterocycles. The largest absolute Gasteiger partial charge is 0.393 e. The Morgan fingerprint density at radius 2 is 2.05 bits per heavy atom. The van der Waals surface area contributed by atoms with Crippen LogP contribution in [-0.2, 0) is 7.05 Å². The molecule has 108 valence electrons. The summed E-state index contributed by atoms with van der Waals surface area (Å²) in [7, 11) is 1.99. The number of aliphatic hydroxyl groups excluding tert-OH is 1. The zero-order valence-electron chi connectivity index (χ0n) is 12.6. The van der Waals surface area contributed by atoms with E-state index in [4.69, 9.17) is 0 Å². The van der Waals surface area contributed by atoms with Crippen LogP contribution in [0.2, 0.25) is 0 Å². The summed E-state index contributed by atoms with van der Waals surface area (Å²) in [6.45, 7) is 7.27. The first kappa shape index (κ1) is 14.5. The van der Waals surface area contributed by atoms with E-state index >= 15 is 0 Å². The Morgan fingerprint density at radius 3 is 2.63 bits per heavy atom. The van der Waals surface area contributed by atoms with Gasteiger partial charge in [0.1, 0.15) is 0 Å². The van der Waals surface area contributed by atoms with Crippen LogP contribution in [0.4, 0.5) is 0 Å². The molecule has 3 atom stereocenters. The van der Waals surface area contributed by atoms with Crippen molar-refractivity contribution in [3.63, 3.8) is 0 Å². The van der Waals surface area contributed by atoms with Gasteiger partial charge in [-0.2, -0.15) is 5.10 Å². The lowest BCUT2D eigenvalue weighted by Crippen LogP contribution is -2.35. The highest BCUT2D eigenvalue weighted by Crippen LogP contribution is 2.25. The summed E-state index contributed by atoms with van der Waals surface area (Å²) >= 11 is 0. The van der Waals surface area contributed by atoms with Crippen molar-refractivity contribution >= 4 is 0 Å². The van der Waals surface area contributed by atoms with Gasteiger partial charge in [-0.05, 0) is 39.5 Å². The van der Waals surface area contributed by atoms with Gasteiger partial charge in [-0.1, -0.05) is 12.8 Å². The summed E-state index contributed by atoms with van der Waals surface area (Å²) < 4.78 is 1.94. The molecule has 1 saturated carbocycles. The first-order chi connectivity index (χ1) is 9.00. The van der Waals surface area contributed by atoms with Gasteiger partial charge in [0.05, 0.1) is 11.8 Å². The van der Waals surface area contributed by atoms with Crippen LogP contribution >= 0.6 is 0 Å². The molecule has 1 aliphatic carbocycles. The Kier molecular flexibility index (Phi) is 4.63. The van der Waals surface area contributed by atoms with Crippen molar-refractivity contribution in [2.75, 3.05) is 6.54 Å². The topological polar surface area (TPSA) is 50.1 Å². The Morgan fingerprint density at radius 1 is 1.37 bits per heavy atom. The third kappa shape index (κ3) is 3.18. The second-order valence-electron chi connectivity index (χ2n) is 5.95. The summed E-state index contributed by atoms with van der Waals surface area (Å²) in [5.74, 6) is 0.411. The van der Waals surface area contributed by atoms with Crippen molar-refractivity contribution in [2.24, 2.45) is 13.0 Å². The number of hydrogen-bond donors (Lipinski definition) is 2. The average Bonchev–Trinajstić information content (AvgIpc) is 2.62. The van der Waals surface area contributed by atoms with Gasteiger partial charge in [0.25, 0.3) is 0 Å². The van der Waals surface area contributed by atoms with Crippen molar-refractivity contribution in [1.29, 1.82) is 0 Å². The van der Waals surface area contributed by atoms with E-state index in [2.05, 4.69) is 31.2 Å². The summed E-state index contributed by atoms with van der Waals surface area (Å²) in [5.41, 5.74) is 3.62. The zero-order valence-corrected chi connectivity index (χ0v) is 12.6. The minimum Gasteiger partial charge on any atom is -0.393 e. The number of aromatic nitrogens is 2. The summed E-state index contributed by atoms with van der Waals surface area (Å²) in [6, 6.07) is 0.294. The number of aryl methyl sites for hydroxylation is 2. The number of aliphatic hydroxyl groups is 1. The molecule has 1 aromatic heterocycles. The van der Waals surface area contributed by atoms with Crippen LogP contribution < -0.4 is 5.32 Å². The average molecular weight is 265 g/mol. The third-order valence-electron chi connectivity index (χ3n) is 4.55. The van der Waals surface area contributed by atoms with Gasteiger partial charge >= 0.3 is 0 Å². The van der Waals surface area contributed by atoms with E-state index in [1.165, 1.54) is 24.1 Å². The van der Waals surface area contributed by atoms with Crippen molar-refractivity contribution in [3.05, 3.63) is 17.0 Å². The van der Waals surface area contributed by atoms with Crippen molar-refractivity contribution in [2.45, 2.75) is 58.6 Å². The predicted molar refractivity (Wildman–Crippen MR) is 77.1 cm³/mol.